The molecule has 3 nitrogen and oxygen atoms in total. The van der Waals surface area contributed by atoms with Gasteiger partial charge in [0.15, 0.2) is 0 Å². The van der Waals surface area contributed by atoms with Crippen molar-refractivity contribution in [1.29, 1.82) is 0 Å². The van der Waals surface area contributed by atoms with E-state index in [4.69, 9.17) is 4.74 Å². The van der Waals surface area contributed by atoms with Crippen LogP contribution < -0.4 is 15.0 Å². The van der Waals surface area contributed by atoms with Crippen LogP contribution in [0.15, 0.2) is 24.3 Å². The highest BCUT2D eigenvalue weighted by molar-refractivity contribution is 5.58. The molecule has 1 aromatic carbocycles. The molecule has 1 aliphatic heterocycles. The van der Waals surface area contributed by atoms with Crippen molar-refractivity contribution in [3.05, 3.63) is 24.3 Å². The topological polar surface area (TPSA) is 24.5 Å². The number of benzene rings is 1. The Bertz CT molecular complexity index is 367. The van der Waals surface area contributed by atoms with Crippen molar-refractivity contribution in [3.63, 3.8) is 0 Å². The number of nitrogens with zero attached hydrogens (tertiary/aromatic N) is 1. The molecule has 18 heavy (non-hydrogen) atoms. The molecule has 0 radical (unpaired) electrons. The number of hydrogen-bond donors (Lipinski definition) is 1. The van der Waals surface area contributed by atoms with Gasteiger partial charge in [0, 0.05) is 19.1 Å². The molecule has 1 N–H and O–H groups in total. The zero-order valence-corrected chi connectivity index (χ0v) is 11.5. The average Bonchev–Trinajstić information content (AvgIpc) is 2.61. The fourth-order valence-corrected chi connectivity index (χ4v) is 2.36. The molecule has 1 aromatic rings. The van der Waals surface area contributed by atoms with Crippen LogP contribution in [0.25, 0.3) is 0 Å². The minimum absolute atomic E-state index is 0.600. The van der Waals surface area contributed by atoms with Crippen LogP contribution in [-0.2, 0) is 0 Å². The number of nitrogens with one attached hydrogen (secondary N) is 1. The van der Waals surface area contributed by atoms with Crippen molar-refractivity contribution in [1.82, 2.24) is 5.32 Å². The van der Waals surface area contributed by atoms with Gasteiger partial charge in [0.1, 0.15) is 5.75 Å². The molecule has 1 unspecified atom stereocenters. The molecule has 0 fully saturated rings. The van der Waals surface area contributed by atoms with E-state index in [0.717, 1.165) is 31.9 Å². The van der Waals surface area contributed by atoms with Crippen LogP contribution in [0.1, 0.15) is 26.2 Å². The minimum atomic E-state index is 0.600. The first-order valence-corrected chi connectivity index (χ1v) is 6.95. The highest BCUT2D eigenvalue weighted by Crippen LogP contribution is 2.30. The molecule has 0 amide bonds. The van der Waals surface area contributed by atoms with E-state index < -0.39 is 0 Å². The first-order chi connectivity index (χ1) is 8.81. The lowest BCUT2D eigenvalue weighted by molar-refractivity contribution is 0.322. The maximum atomic E-state index is 5.77. The van der Waals surface area contributed by atoms with Crippen LogP contribution in [0.2, 0.25) is 0 Å². The van der Waals surface area contributed by atoms with E-state index in [-0.39, 0.29) is 0 Å². The zero-order valence-electron chi connectivity index (χ0n) is 11.5. The zero-order chi connectivity index (χ0) is 12.8. The van der Waals surface area contributed by atoms with Crippen LogP contribution in [0.4, 0.5) is 5.69 Å². The number of rotatable bonds is 5. The summed E-state index contributed by atoms with van der Waals surface area (Å²) in [7, 11) is 2.03. The Hall–Kier alpha value is -1.22. The third kappa shape index (κ3) is 3.39. The van der Waals surface area contributed by atoms with Crippen molar-refractivity contribution in [2.45, 2.75) is 32.2 Å². The van der Waals surface area contributed by atoms with Crippen LogP contribution in [-0.4, -0.2) is 32.8 Å². The third-order valence-electron chi connectivity index (χ3n) is 3.59. The molecular formula is C15H24N2O. The molecule has 0 bridgehead atoms. The average molecular weight is 248 g/mol. The first kappa shape index (κ1) is 13.2. The monoisotopic (exact) mass is 248 g/mol. The predicted octanol–water partition coefficient (Wildman–Crippen LogP) is 2.66. The number of fused-ring (bicyclic) bond motifs is 1. The Morgan fingerprint density at radius 1 is 1.39 bits per heavy atom. The van der Waals surface area contributed by atoms with Gasteiger partial charge in [-0.15, -0.1) is 0 Å². The van der Waals surface area contributed by atoms with Crippen molar-refractivity contribution in [2.24, 2.45) is 0 Å². The Balaban J connectivity index is 1.95. The molecule has 3 heteroatoms. The second-order valence-electron chi connectivity index (χ2n) is 4.99. The Labute approximate surface area is 110 Å². The van der Waals surface area contributed by atoms with Gasteiger partial charge in [0.25, 0.3) is 0 Å². The second kappa shape index (κ2) is 6.64. The standard InChI is InChI=1S/C15H24N2O/c1-13(16-2)7-5-10-17-11-6-12-18-15-9-4-3-8-14(15)17/h3-4,8-9,13,16H,5-7,10-12H2,1-2H3. The Kier molecular flexibility index (Phi) is 4.88. The molecule has 1 atom stereocenters. The number of para-hydroxylation sites is 2. The molecule has 0 spiro atoms. The lowest BCUT2D eigenvalue weighted by Crippen LogP contribution is -2.27. The smallest absolute Gasteiger partial charge is 0.142 e. The second-order valence-corrected chi connectivity index (χ2v) is 4.99. The first-order valence-electron chi connectivity index (χ1n) is 6.95. The van der Waals surface area contributed by atoms with Gasteiger partial charge < -0.3 is 15.0 Å². The van der Waals surface area contributed by atoms with Crippen molar-refractivity contribution in [3.8, 4) is 5.75 Å². The van der Waals surface area contributed by atoms with Gasteiger partial charge in [-0.1, -0.05) is 12.1 Å². The van der Waals surface area contributed by atoms with E-state index >= 15 is 0 Å². The van der Waals surface area contributed by atoms with Crippen molar-refractivity contribution in [2.75, 3.05) is 31.6 Å². The SMILES string of the molecule is CNC(C)CCCN1CCCOc2ccccc21. The summed E-state index contributed by atoms with van der Waals surface area (Å²) < 4.78 is 5.77. The van der Waals surface area contributed by atoms with Gasteiger partial charge in [-0.3, -0.25) is 0 Å². The fourth-order valence-electron chi connectivity index (χ4n) is 2.36. The molecule has 2 rings (SSSR count). The number of ether oxygens (including phenoxy) is 1. The fraction of sp³-hybridized carbons (Fsp3) is 0.600. The van der Waals surface area contributed by atoms with Crippen LogP contribution in [0, 0.1) is 0 Å². The summed E-state index contributed by atoms with van der Waals surface area (Å²) >= 11 is 0. The summed E-state index contributed by atoms with van der Waals surface area (Å²) in [5.74, 6) is 1.04. The summed E-state index contributed by atoms with van der Waals surface area (Å²) in [6, 6.07) is 8.98. The molecule has 100 valence electrons. The van der Waals surface area contributed by atoms with Gasteiger partial charge in [-0.25, -0.2) is 0 Å². The molecular weight excluding hydrogens is 224 g/mol. The van der Waals surface area contributed by atoms with Gasteiger partial charge in [-0.2, -0.15) is 0 Å². The minimum Gasteiger partial charge on any atom is -0.491 e. The number of hydrogen-bond acceptors (Lipinski definition) is 3. The predicted molar refractivity (Wildman–Crippen MR) is 76.5 cm³/mol. The maximum Gasteiger partial charge on any atom is 0.142 e. The van der Waals surface area contributed by atoms with E-state index in [2.05, 4.69) is 35.3 Å². The lowest BCUT2D eigenvalue weighted by Gasteiger charge is -2.24. The van der Waals surface area contributed by atoms with E-state index in [1.165, 1.54) is 18.5 Å². The lowest BCUT2D eigenvalue weighted by atomic mass is 10.1. The number of anilines is 1. The molecule has 0 aliphatic carbocycles. The normalized spacial score (nSPS) is 16.7. The highest BCUT2D eigenvalue weighted by atomic mass is 16.5. The van der Waals surface area contributed by atoms with Gasteiger partial charge >= 0.3 is 0 Å². The largest absolute Gasteiger partial charge is 0.491 e. The van der Waals surface area contributed by atoms with E-state index in [0.29, 0.717) is 6.04 Å². The summed E-state index contributed by atoms with van der Waals surface area (Å²) in [6.45, 7) is 5.29. The quantitative estimate of drug-likeness (QED) is 0.867. The molecule has 0 aromatic heterocycles. The van der Waals surface area contributed by atoms with Crippen LogP contribution in [0.3, 0.4) is 0 Å². The maximum absolute atomic E-state index is 5.77. The third-order valence-corrected chi connectivity index (χ3v) is 3.59. The van der Waals surface area contributed by atoms with Crippen LogP contribution >= 0.6 is 0 Å². The summed E-state index contributed by atoms with van der Waals surface area (Å²) in [5.41, 5.74) is 1.26. The molecule has 0 saturated heterocycles. The van der Waals surface area contributed by atoms with Gasteiger partial charge in [0.05, 0.1) is 12.3 Å². The summed E-state index contributed by atoms with van der Waals surface area (Å²) in [4.78, 5) is 2.46. The highest BCUT2D eigenvalue weighted by Gasteiger charge is 2.15. The van der Waals surface area contributed by atoms with Gasteiger partial charge in [0.2, 0.25) is 0 Å². The molecule has 1 aliphatic rings. The van der Waals surface area contributed by atoms with Crippen molar-refractivity contribution < 1.29 is 4.74 Å². The van der Waals surface area contributed by atoms with E-state index in [1.807, 2.05) is 13.1 Å². The Morgan fingerprint density at radius 3 is 3.06 bits per heavy atom. The Morgan fingerprint density at radius 2 is 2.22 bits per heavy atom. The van der Waals surface area contributed by atoms with E-state index in [9.17, 15) is 0 Å². The summed E-state index contributed by atoms with van der Waals surface area (Å²) in [5, 5.41) is 3.29. The summed E-state index contributed by atoms with van der Waals surface area (Å²) in [6.07, 6.45) is 3.54. The van der Waals surface area contributed by atoms with E-state index in [1.54, 1.807) is 0 Å². The van der Waals surface area contributed by atoms with Gasteiger partial charge in [-0.05, 0) is 45.4 Å². The van der Waals surface area contributed by atoms with Crippen molar-refractivity contribution >= 4 is 5.69 Å². The molecule has 0 saturated carbocycles. The molecule has 1 heterocycles. The van der Waals surface area contributed by atoms with Crippen LogP contribution in [0.5, 0.6) is 5.75 Å².